The first-order valence-electron chi connectivity index (χ1n) is 10.0. The molecule has 1 fully saturated rings. The minimum atomic E-state index is -1.70. The second-order valence-electron chi connectivity index (χ2n) is 7.79. The fourth-order valence-corrected chi connectivity index (χ4v) is 4.99. The van der Waals surface area contributed by atoms with Gasteiger partial charge in [-0.25, -0.2) is 18.4 Å². The van der Waals surface area contributed by atoms with E-state index >= 15 is 0 Å². The molecule has 0 spiro atoms. The number of rotatable bonds is 8. The maximum Gasteiger partial charge on any atom is 0.137 e. The molecule has 4 rings (SSSR count). The molecule has 1 N–H and O–H groups in total. The minimum absolute atomic E-state index is 0.0114. The van der Waals surface area contributed by atoms with Crippen molar-refractivity contribution in [2.75, 3.05) is 6.54 Å². The lowest BCUT2D eigenvalue weighted by Gasteiger charge is -2.36. The molecule has 5 nitrogen and oxygen atoms in total. The van der Waals surface area contributed by atoms with Gasteiger partial charge in [0.15, 0.2) is 0 Å². The summed E-state index contributed by atoms with van der Waals surface area (Å²) in [4.78, 5) is 5.84. The number of nitrogens with zero attached hydrogens (tertiary/aromatic N) is 4. The second-order valence-corrected chi connectivity index (χ2v) is 9.84. The molecule has 0 saturated heterocycles. The van der Waals surface area contributed by atoms with E-state index in [0.29, 0.717) is 15.1 Å². The van der Waals surface area contributed by atoms with Crippen LogP contribution in [0.1, 0.15) is 24.0 Å². The Morgan fingerprint density at radius 2 is 2.09 bits per heavy atom. The number of hydrogen-bond donors (Lipinski definition) is 1. The highest BCUT2D eigenvalue weighted by molar-refractivity contribution is 8.22. The SMILES string of the molecule is OC(CN(C(=S)SCc1cccc(Cl)c1)C1CC1)(Cn1cncn1)c1ccc(F)cc1F. The van der Waals surface area contributed by atoms with E-state index < -0.39 is 17.2 Å². The van der Waals surface area contributed by atoms with Crippen molar-refractivity contribution in [3.63, 3.8) is 0 Å². The molecule has 1 unspecified atom stereocenters. The Morgan fingerprint density at radius 3 is 2.75 bits per heavy atom. The van der Waals surface area contributed by atoms with E-state index in [1.807, 2.05) is 29.2 Å². The van der Waals surface area contributed by atoms with Gasteiger partial charge in [-0.3, -0.25) is 0 Å². The predicted octanol–water partition coefficient (Wildman–Crippen LogP) is 4.78. The topological polar surface area (TPSA) is 54.2 Å². The van der Waals surface area contributed by atoms with Crippen LogP contribution < -0.4 is 0 Å². The number of benzene rings is 2. The third-order valence-corrected chi connectivity index (χ3v) is 7.01. The largest absolute Gasteiger partial charge is 0.381 e. The average Bonchev–Trinajstić information content (AvgIpc) is 3.47. The van der Waals surface area contributed by atoms with Crippen LogP contribution in [0.5, 0.6) is 0 Å². The normalized spacial score (nSPS) is 15.4. The van der Waals surface area contributed by atoms with E-state index in [2.05, 4.69) is 10.1 Å². The molecule has 1 saturated carbocycles. The molecule has 3 aromatic rings. The van der Waals surface area contributed by atoms with Crippen molar-refractivity contribution in [2.45, 2.75) is 36.8 Å². The molecule has 0 aliphatic heterocycles. The molecule has 1 heterocycles. The van der Waals surface area contributed by atoms with Crippen molar-refractivity contribution in [3.05, 3.63) is 82.9 Å². The van der Waals surface area contributed by atoms with Gasteiger partial charge in [-0.15, -0.1) is 0 Å². The third kappa shape index (κ3) is 5.64. The van der Waals surface area contributed by atoms with Gasteiger partial charge in [0.25, 0.3) is 0 Å². The van der Waals surface area contributed by atoms with Crippen LogP contribution in [0.3, 0.4) is 0 Å². The third-order valence-electron chi connectivity index (χ3n) is 5.23. The van der Waals surface area contributed by atoms with E-state index in [1.54, 1.807) is 0 Å². The summed E-state index contributed by atoms with van der Waals surface area (Å²) in [6, 6.07) is 10.9. The summed E-state index contributed by atoms with van der Waals surface area (Å²) in [5.41, 5.74) is -0.680. The highest BCUT2D eigenvalue weighted by Gasteiger charge is 2.41. The van der Waals surface area contributed by atoms with Gasteiger partial charge in [0.1, 0.15) is 34.2 Å². The fraction of sp³-hybridized carbons (Fsp3) is 0.318. The number of halogens is 3. The van der Waals surface area contributed by atoms with E-state index in [0.717, 1.165) is 30.5 Å². The molecule has 1 atom stereocenters. The summed E-state index contributed by atoms with van der Waals surface area (Å²) < 4.78 is 30.3. The molecule has 32 heavy (non-hydrogen) atoms. The lowest BCUT2D eigenvalue weighted by molar-refractivity contribution is -0.00746. The molecule has 168 valence electrons. The summed E-state index contributed by atoms with van der Waals surface area (Å²) in [5.74, 6) is -0.906. The molecule has 10 heteroatoms. The van der Waals surface area contributed by atoms with Crippen molar-refractivity contribution in [1.82, 2.24) is 19.7 Å². The van der Waals surface area contributed by atoms with E-state index in [9.17, 15) is 13.9 Å². The molecule has 0 bridgehead atoms. The standard InChI is InChI=1S/C22H21ClF2N4OS2/c23-16-3-1-2-15(8-16)10-32-21(31)29(18-5-6-18)12-22(30,11-28-14-26-13-27-28)19-7-4-17(24)9-20(19)25/h1-4,7-9,13-14,18,30H,5-6,10-12H2. The van der Waals surface area contributed by atoms with E-state index in [4.69, 9.17) is 23.8 Å². The predicted molar refractivity (Wildman–Crippen MR) is 125 cm³/mol. The highest BCUT2D eigenvalue weighted by Crippen LogP contribution is 2.36. The van der Waals surface area contributed by atoms with Crippen molar-refractivity contribution >= 4 is 39.9 Å². The van der Waals surface area contributed by atoms with Gasteiger partial charge in [-0.1, -0.05) is 53.8 Å². The lowest BCUT2D eigenvalue weighted by atomic mass is 9.92. The van der Waals surface area contributed by atoms with Crippen molar-refractivity contribution in [1.29, 1.82) is 0 Å². The average molecular weight is 495 g/mol. The Bertz CT molecular complexity index is 1100. The Hall–Kier alpha value is -2.07. The summed E-state index contributed by atoms with van der Waals surface area (Å²) >= 11 is 13.2. The van der Waals surface area contributed by atoms with E-state index in [-0.39, 0.29) is 24.7 Å². The summed E-state index contributed by atoms with van der Waals surface area (Å²) in [6.07, 6.45) is 4.65. The first-order valence-corrected chi connectivity index (χ1v) is 11.8. The van der Waals surface area contributed by atoms with Crippen LogP contribution in [0.4, 0.5) is 8.78 Å². The highest BCUT2D eigenvalue weighted by atomic mass is 35.5. The van der Waals surface area contributed by atoms with Crippen molar-refractivity contribution in [2.24, 2.45) is 0 Å². The van der Waals surface area contributed by atoms with Gasteiger partial charge in [-0.05, 0) is 36.6 Å². The zero-order valence-corrected chi connectivity index (χ0v) is 19.4. The maximum absolute atomic E-state index is 14.7. The number of hydrogen-bond acceptors (Lipinski definition) is 5. The smallest absolute Gasteiger partial charge is 0.137 e. The van der Waals surface area contributed by atoms with Crippen LogP contribution in [0.25, 0.3) is 0 Å². The fourth-order valence-electron chi connectivity index (χ4n) is 3.54. The van der Waals surface area contributed by atoms with Gasteiger partial charge < -0.3 is 10.0 Å². The van der Waals surface area contributed by atoms with Crippen LogP contribution in [-0.2, 0) is 17.9 Å². The molecule has 1 aromatic heterocycles. The Morgan fingerprint density at radius 1 is 1.28 bits per heavy atom. The zero-order valence-electron chi connectivity index (χ0n) is 17.0. The van der Waals surface area contributed by atoms with Crippen LogP contribution in [0, 0.1) is 11.6 Å². The minimum Gasteiger partial charge on any atom is -0.381 e. The number of aliphatic hydroxyl groups is 1. The maximum atomic E-state index is 14.7. The van der Waals surface area contributed by atoms with Crippen LogP contribution in [-0.4, -0.2) is 41.7 Å². The molecule has 1 aliphatic rings. The number of thiocarbonyl (C=S) groups is 1. The first-order chi connectivity index (χ1) is 15.3. The van der Waals surface area contributed by atoms with Gasteiger partial charge >= 0.3 is 0 Å². The quantitative estimate of drug-likeness (QED) is 0.455. The second kappa shape index (κ2) is 9.82. The molecular weight excluding hydrogens is 474 g/mol. The van der Waals surface area contributed by atoms with Crippen LogP contribution in [0.2, 0.25) is 5.02 Å². The molecule has 2 aromatic carbocycles. The van der Waals surface area contributed by atoms with Crippen molar-refractivity contribution < 1.29 is 13.9 Å². The first kappa shape index (κ1) is 23.1. The number of thioether (sulfide) groups is 1. The summed E-state index contributed by atoms with van der Waals surface area (Å²) in [7, 11) is 0. The zero-order chi connectivity index (χ0) is 22.7. The molecule has 0 amide bonds. The van der Waals surface area contributed by atoms with Crippen LogP contribution >= 0.6 is 35.6 Å². The van der Waals surface area contributed by atoms with Crippen LogP contribution in [0.15, 0.2) is 55.1 Å². The Balaban J connectivity index is 1.57. The molecular formula is C22H21ClF2N4OS2. The molecule has 1 aliphatic carbocycles. The van der Waals surface area contributed by atoms with Crippen molar-refractivity contribution in [3.8, 4) is 0 Å². The lowest BCUT2D eigenvalue weighted by Crippen LogP contribution is -2.46. The summed E-state index contributed by atoms with van der Waals surface area (Å²) in [5, 5.41) is 16.4. The van der Waals surface area contributed by atoms with Gasteiger partial charge in [0, 0.05) is 28.4 Å². The molecule has 0 radical (unpaired) electrons. The van der Waals surface area contributed by atoms with Gasteiger partial charge in [0.2, 0.25) is 0 Å². The monoisotopic (exact) mass is 494 g/mol. The van der Waals surface area contributed by atoms with E-state index in [1.165, 1.54) is 35.2 Å². The number of aromatic nitrogens is 3. The van der Waals surface area contributed by atoms with Gasteiger partial charge in [-0.2, -0.15) is 5.10 Å². The Labute approximate surface area is 199 Å². The Kier molecular flexibility index (Phi) is 7.09. The summed E-state index contributed by atoms with van der Waals surface area (Å²) in [6.45, 7) is -0.0121. The van der Waals surface area contributed by atoms with Gasteiger partial charge in [0.05, 0.1) is 13.1 Å².